The van der Waals surface area contributed by atoms with Crippen molar-refractivity contribution in [3.63, 3.8) is 0 Å². The molecular formula is C14H21F3N2O. The van der Waals surface area contributed by atoms with Crippen LogP contribution in [-0.2, 0) is 6.54 Å². The number of halogens is 3. The molecule has 114 valence electrons. The van der Waals surface area contributed by atoms with E-state index in [2.05, 4.69) is 10.5 Å². The number of aryl methyl sites for hydroxylation is 2. The van der Waals surface area contributed by atoms with Crippen molar-refractivity contribution in [2.45, 2.75) is 52.3 Å². The Morgan fingerprint density at radius 2 is 1.85 bits per heavy atom. The summed E-state index contributed by atoms with van der Waals surface area (Å²) in [5.41, 5.74) is 1.92. The second-order valence-corrected chi connectivity index (χ2v) is 5.69. The van der Waals surface area contributed by atoms with Crippen LogP contribution in [0.25, 0.3) is 0 Å². The third-order valence-electron chi connectivity index (χ3n) is 4.23. The number of aromatic nitrogens is 1. The molecule has 3 nitrogen and oxygen atoms in total. The first-order chi connectivity index (χ1) is 9.38. The molecule has 1 aromatic rings. The molecule has 1 fully saturated rings. The van der Waals surface area contributed by atoms with E-state index in [9.17, 15) is 13.2 Å². The molecule has 0 saturated heterocycles. The molecule has 1 heterocycles. The molecule has 0 aromatic carbocycles. The quantitative estimate of drug-likeness (QED) is 0.917. The van der Waals surface area contributed by atoms with E-state index >= 15 is 0 Å². The van der Waals surface area contributed by atoms with Crippen molar-refractivity contribution in [2.24, 2.45) is 11.8 Å². The molecule has 0 atom stereocenters. The van der Waals surface area contributed by atoms with Gasteiger partial charge < -0.3 is 9.84 Å². The Morgan fingerprint density at radius 1 is 1.20 bits per heavy atom. The zero-order chi connectivity index (χ0) is 14.8. The number of hydrogen-bond acceptors (Lipinski definition) is 3. The summed E-state index contributed by atoms with van der Waals surface area (Å²) in [5.74, 6) is 0.0474. The minimum absolute atomic E-state index is 0.265. The molecule has 1 aliphatic carbocycles. The molecule has 1 saturated carbocycles. The predicted molar refractivity (Wildman–Crippen MR) is 69.2 cm³/mol. The van der Waals surface area contributed by atoms with Crippen LogP contribution in [0.15, 0.2) is 4.52 Å². The average molecular weight is 290 g/mol. The van der Waals surface area contributed by atoms with Crippen LogP contribution in [0.3, 0.4) is 0 Å². The molecule has 0 radical (unpaired) electrons. The first-order valence-corrected chi connectivity index (χ1v) is 7.07. The highest BCUT2D eigenvalue weighted by Crippen LogP contribution is 2.39. The molecule has 2 rings (SSSR count). The topological polar surface area (TPSA) is 38.1 Å². The third-order valence-corrected chi connectivity index (χ3v) is 4.23. The average Bonchev–Trinajstić information content (AvgIpc) is 2.70. The Kier molecular flexibility index (Phi) is 4.73. The lowest BCUT2D eigenvalue weighted by Crippen LogP contribution is -2.31. The number of hydrogen-bond donors (Lipinski definition) is 1. The minimum atomic E-state index is -4.02. The van der Waals surface area contributed by atoms with Crippen molar-refractivity contribution in [1.29, 1.82) is 0 Å². The number of rotatable bonds is 4. The largest absolute Gasteiger partial charge is 0.391 e. The van der Waals surface area contributed by atoms with Crippen LogP contribution in [0, 0.1) is 25.7 Å². The molecule has 0 bridgehead atoms. The molecule has 1 N–H and O–H groups in total. The molecule has 0 aliphatic heterocycles. The molecular weight excluding hydrogens is 269 g/mol. The molecule has 0 amide bonds. The van der Waals surface area contributed by atoms with Crippen LogP contribution in [0.5, 0.6) is 0 Å². The van der Waals surface area contributed by atoms with Crippen LogP contribution in [0.1, 0.15) is 42.7 Å². The van der Waals surface area contributed by atoms with Gasteiger partial charge in [0.25, 0.3) is 0 Å². The lowest BCUT2D eigenvalue weighted by Gasteiger charge is -2.29. The summed E-state index contributed by atoms with van der Waals surface area (Å²) in [6.07, 6.45) is -2.19. The Labute approximate surface area is 116 Å². The van der Waals surface area contributed by atoms with Crippen molar-refractivity contribution in [2.75, 3.05) is 6.54 Å². The zero-order valence-electron chi connectivity index (χ0n) is 11.9. The summed E-state index contributed by atoms with van der Waals surface area (Å²) in [6.45, 7) is 5.18. The van der Waals surface area contributed by atoms with Crippen LogP contribution in [-0.4, -0.2) is 17.9 Å². The summed E-state index contributed by atoms with van der Waals surface area (Å²) in [6, 6.07) is 0. The highest BCUT2D eigenvalue weighted by Gasteiger charge is 2.41. The maximum Gasteiger partial charge on any atom is 0.391 e. The van der Waals surface area contributed by atoms with E-state index in [0.717, 1.165) is 23.6 Å². The normalized spacial score (nSPS) is 24.1. The van der Waals surface area contributed by atoms with Crippen molar-refractivity contribution in [3.8, 4) is 0 Å². The molecule has 1 aromatic heterocycles. The van der Waals surface area contributed by atoms with Gasteiger partial charge in [0, 0.05) is 12.1 Å². The summed E-state index contributed by atoms with van der Waals surface area (Å²) in [4.78, 5) is 0. The van der Waals surface area contributed by atoms with Gasteiger partial charge in [0.05, 0.1) is 11.6 Å². The van der Waals surface area contributed by atoms with Gasteiger partial charge in [-0.1, -0.05) is 5.16 Å². The highest BCUT2D eigenvalue weighted by molar-refractivity contribution is 5.20. The first kappa shape index (κ1) is 15.4. The fourth-order valence-corrected chi connectivity index (χ4v) is 2.85. The van der Waals surface area contributed by atoms with Gasteiger partial charge in [0.15, 0.2) is 0 Å². The van der Waals surface area contributed by atoms with Gasteiger partial charge in [-0.25, -0.2) is 0 Å². The van der Waals surface area contributed by atoms with Crippen molar-refractivity contribution < 1.29 is 17.7 Å². The van der Waals surface area contributed by atoms with Gasteiger partial charge in [-0.05, 0) is 52.0 Å². The Morgan fingerprint density at radius 3 is 2.35 bits per heavy atom. The van der Waals surface area contributed by atoms with Gasteiger partial charge >= 0.3 is 6.18 Å². The SMILES string of the molecule is Cc1noc(C)c1CNCC1CCC(C(F)(F)F)CC1. The Hall–Kier alpha value is -1.04. The monoisotopic (exact) mass is 290 g/mol. The summed E-state index contributed by atoms with van der Waals surface area (Å²) >= 11 is 0. The lowest BCUT2D eigenvalue weighted by molar-refractivity contribution is -0.183. The summed E-state index contributed by atoms with van der Waals surface area (Å²) in [7, 11) is 0. The first-order valence-electron chi connectivity index (χ1n) is 7.07. The van der Waals surface area contributed by atoms with Crippen LogP contribution < -0.4 is 5.32 Å². The fraction of sp³-hybridized carbons (Fsp3) is 0.786. The third kappa shape index (κ3) is 3.75. The molecule has 6 heteroatoms. The van der Waals surface area contributed by atoms with E-state index in [-0.39, 0.29) is 12.8 Å². The standard InChI is InChI=1S/C14H21F3N2O/c1-9-13(10(2)20-19-9)8-18-7-11-3-5-12(6-4-11)14(15,16)17/h11-12,18H,3-8H2,1-2H3. The Balaban J connectivity index is 1.72. The van der Waals surface area contributed by atoms with E-state index in [4.69, 9.17) is 4.52 Å². The number of nitrogens with one attached hydrogen (secondary N) is 1. The second kappa shape index (κ2) is 6.16. The second-order valence-electron chi connectivity index (χ2n) is 5.69. The van der Waals surface area contributed by atoms with Crippen LogP contribution >= 0.6 is 0 Å². The summed E-state index contributed by atoms with van der Waals surface area (Å²) in [5, 5.41) is 7.19. The fourth-order valence-electron chi connectivity index (χ4n) is 2.85. The van der Waals surface area contributed by atoms with Crippen LogP contribution in [0.4, 0.5) is 13.2 Å². The maximum atomic E-state index is 12.6. The highest BCUT2D eigenvalue weighted by atomic mass is 19.4. The molecule has 0 unspecified atom stereocenters. The van der Waals surface area contributed by atoms with E-state index in [1.807, 2.05) is 13.8 Å². The smallest absolute Gasteiger partial charge is 0.361 e. The minimum Gasteiger partial charge on any atom is -0.361 e. The van der Waals surface area contributed by atoms with E-state index in [1.54, 1.807) is 0 Å². The lowest BCUT2D eigenvalue weighted by atomic mass is 9.81. The van der Waals surface area contributed by atoms with Crippen molar-refractivity contribution in [1.82, 2.24) is 10.5 Å². The van der Waals surface area contributed by atoms with E-state index in [1.165, 1.54) is 0 Å². The number of nitrogens with zero attached hydrogens (tertiary/aromatic N) is 1. The van der Waals surface area contributed by atoms with Crippen molar-refractivity contribution in [3.05, 3.63) is 17.0 Å². The predicted octanol–water partition coefficient (Wildman–Crippen LogP) is 3.75. The molecule has 1 aliphatic rings. The van der Waals surface area contributed by atoms with E-state index in [0.29, 0.717) is 25.3 Å². The van der Waals surface area contributed by atoms with Gasteiger partial charge in [0.1, 0.15) is 5.76 Å². The van der Waals surface area contributed by atoms with Crippen LogP contribution in [0.2, 0.25) is 0 Å². The molecule has 0 spiro atoms. The van der Waals surface area contributed by atoms with Gasteiger partial charge in [-0.15, -0.1) is 0 Å². The number of alkyl halides is 3. The zero-order valence-corrected chi connectivity index (χ0v) is 11.9. The van der Waals surface area contributed by atoms with E-state index < -0.39 is 12.1 Å². The Bertz CT molecular complexity index is 415. The van der Waals surface area contributed by atoms with Crippen molar-refractivity contribution >= 4 is 0 Å². The molecule has 20 heavy (non-hydrogen) atoms. The summed E-state index contributed by atoms with van der Waals surface area (Å²) < 4.78 is 42.8. The van der Waals surface area contributed by atoms with Gasteiger partial charge in [0.2, 0.25) is 0 Å². The van der Waals surface area contributed by atoms with Gasteiger partial charge in [-0.2, -0.15) is 13.2 Å². The van der Waals surface area contributed by atoms with Gasteiger partial charge in [-0.3, -0.25) is 0 Å². The maximum absolute atomic E-state index is 12.6.